The molecule has 2 nitrogen and oxygen atoms in total. The van der Waals surface area contributed by atoms with Gasteiger partial charge in [0.15, 0.2) is 0 Å². The summed E-state index contributed by atoms with van der Waals surface area (Å²) in [5.74, 6) is 2.46. The smallest absolute Gasteiger partial charge is 0.0661 e. The Balaban J connectivity index is 1.85. The molecular weight excluding hydrogens is 242 g/mol. The van der Waals surface area contributed by atoms with Crippen LogP contribution in [0.25, 0.3) is 0 Å². The van der Waals surface area contributed by atoms with Gasteiger partial charge < -0.3 is 10.1 Å². The first kappa shape index (κ1) is 14.7. The van der Waals surface area contributed by atoms with Gasteiger partial charge in [0, 0.05) is 29.9 Å². The van der Waals surface area contributed by atoms with Crippen LogP contribution < -0.4 is 5.32 Å². The monoisotopic (exact) mass is 271 g/mol. The van der Waals surface area contributed by atoms with E-state index in [-0.39, 0.29) is 0 Å². The average Bonchev–Trinajstić information content (AvgIpc) is 2.87. The SMILES string of the molecule is CCOC1CC(NC(C)CSCC)C12CCCC2. The van der Waals surface area contributed by atoms with Crippen LogP contribution in [0, 0.1) is 5.41 Å². The zero-order valence-electron chi connectivity index (χ0n) is 12.2. The summed E-state index contributed by atoms with van der Waals surface area (Å²) < 4.78 is 5.96. The number of hydrogen-bond donors (Lipinski definition) is 1. The Morgan fingerprint density at radius 1 is 1.33 bits per heavy atom. The van der Waals surface area contributed by atoms with Crippen molar-refractivity contribution < 1.29 is 4.74 Å². The number of hydrogen-bond acceptors (Lipinski definition) is 3. The lowest BCUT2D eigenvalue weighted by molar-refractivity contribution is -0.131. The summed E-state index contributed by atoms with van der Waals surface area (Å²) in [5, 5.41) is 3.87. The minimum atomic E-state index is 0.487. The Morgan fingerprint density at radius 2 is 2.06 bits per heavy atom. The van der Waals surface area contributed by atoms with Crippen LogP contribution in [0.1, 0.15) is 52.9 Å². The van der Waals surface area contributed by atoms with E-state index in [0.29, 0.717) is 23.6 Å². The van der Waals surface area contributed by atoms with Crippen molar-refractivity contribution in [2.45, 2.75) is 71.1 Å². The normalized spacial score (nSPS) is 31.5. The summed E-state index contributed by atoms with van der Waals surface area (Å²) in [6, 6.07) is 1.35. The summed E-state index contributed by atoms with van der Waals surface area (Å²) in [6.45, 7) is 7.58. The van der Waals surface area contributed by atoms with Crippen molar-refractivity contribution in [3.05, 3.63) is 0 Å². The average molecular weight is 271 g/mol. The molecule has 0 amide bonds. The van der Waals surface area contributed by atoms with Crippen LogP contribution in [0.3, 0.4) is 0 Å². The number of ether oxygens (including phenoxy) is 1. The quantitative estimate of drug-likeness (QED) is 0.766. The maximum absolute atomic E-state index is 5.96. The van der Waals surface area contributed by atoms with E-state index in [2.05, 4.69) is 26.1 Å². The van der Waals surface area contributed by atoms with Crippen molar-refractivity contribution in [2.75, 3.05) is 18.1 Å². The van der Waals surface area contributed by atoms with Crippen molar-refractivity contribution in [3.63, 3.8) is 0 Å². The highest BCUT2D eigenvalue weighted by Crippen LogP contribution is 2.54. The van der Waals surface area contributed by atoms with Gasteiger partial charge in [-0.05, 0) is 38.9 Å². The predicted octanol–water partition coefficient (Wildman–Crippen LogP) is 3.46. The lowest BCUT2D eigenvalue weighted by atomic mass is 9.60. The molecule has 3 atom stereocenters. The van der Waals surface area contributed by atoms with Gasteiger partial charge in [-0.3, -0.25) is 0 Å². The Kier molecular flexibility index (Phi) is 5.40. The number of rotatable bonds is 7. The maximum Gasteiger partial charge on any atom is 0.0661 e. The van der Waals surface area contributed by atoms with E-state index in [1.807, 2.05) is 11.8 Å². The topological polar surface area (TPSA) is 21.3 Å². The van der Waals surface area contributed by atoms with E-state index in [9.17, 15) is 0 Å². The molecule has 3 heteroatoms. The Morgan fingerprint density at radius 3 is 2.67 bits per heavy atom. The molecule has 2 aliphatic carbocycles. The van der Waals surface area contributed by atoms with Gasteiger partial charge in [-0.1, -0.05) is 19.8 Å². The molecule has 0 aliphatic heterocycles. The molecule has 0 aromatic heterocycles. The zero-order chi connectivity index (χ0) is 13.0. The van der Waals surface area contributed by atoms with Crippen molar-refractivity contribution in [2.24, 2.45) is 5.41 Å². The standard InChI is InChI=1S/C15H29NOS/c1-4-17-14-10-13(15(14)8-6-7-9-15)16-12(3)11-18-5-2/h12-14,16H,4-11H2,1-3H3. The highest BCUT2D eigenvalue weighted by atomic mass is 32.2. The van der Waals surface area contributed by atoms with E-state index in [4.69, 9.17) is 4.74 Å². The minimum Gasteiger partial charge on any atom is -0.378 e. The highest BCUT2D eigenvalue weighted by Gasteiger charge is 2.56. The van der Waals surface area contributed by atoms with Gasteiger partial charge in [-0.25, -0.2) is 0 Å². The summed E-state index contributed by atoms with van der Waals surface area (Å²) in [6.07, 6.45) is 7.33. The van der Waals surface area contributed by atoms with Gasteiger partial charge in [-0.2, -0.15) is 11.8 Å². The van der Waals surface area contributed by atoms with E-state index in [1.54, 1.807) is 0 Å². The van der Waals surface area contributed by atoms with Gasteiger partial charge in [0.25, 0.3) is 0 Å². The molecule has 106 valence electrons. The fourth-order valence-electron chi connectivity index (χ4n) is 3.81. The van der Waals surface area contributed by atoms with Gasteiger partial charge >= 0.3 is 0 Å². The summed E-state index contributed by atoms with van der Waals surface area (Å²) in [7, 11) is 0. The van der Waals surface area contributed by atoms with Crippen molar-refractivity contribution >= 4 is 11.8 Å². The van der Waals surface area contributed by atoms with E-state index in [0.717, 1.165) is 6.61 Å². The molecule has 0 bridgehead atoms. The van der Waals surface area contributed by atoms with Crippen molar-refractivity contribution in [3.8, 4) is 0 Å². The van der Waals surface area contributed by atoms with E-state index < -0.39 is 0 Å². The summed E-state index contributed by atoms with van der Waals surface area (Å²) in [5.41, 5.74) is 0.487. The van der Waals surface area contributed by atoms with Crippen LogP contribution in [0.15, 0.2) is 0 Å². The number of thioether (sulfide) groups is 1. The Hall–Kier alpha value is 0.270. The Labute approximate surface area is 117 Å². The molecule has 3 unspecified atom stereocenters. The zero-order valence-corrected chi connectivity index (χ0v) is 13.0. The maximum atomic E-state index is 5.96. The second-order valence-corrected chi connectivity index (χ2v) is 7.22. The lowest BCUT2D eigenvalue weighted by Crippen LogP contribution is -2.64. The molecule has 1 spiro atoms. The van der Waals surface area contributed by atoms with Gasteiger partial charge in [0.05, 0.1) is 6.10 Å². The first-order chi connectivity index (χ1) is 8.73. The molecule has 2 saturated carbocycles. The van der Waals surface area contributed by atoms with Gasteiger partial charge in [-0.15, -0.1) is 0 Å². The largest absolute Gasteiger partial charge is 0.378 e. The second-order valence-electron chi connectivity index (χ2n) is 5.90. The molecule has 2 rings (SSSR count). The van der Waals surface area contributed by atoms with Gasteiger partial charge in [0.1, 0.15) is 0 Å². The first-order valence-corrected chi connectivity index (χ1v) is 8.83. The fourth-order valence-corrected chi connectivity index (χ4v) is 4.49. The van der Waals surface area contributed by atoms with E-state index in [1.165, 1.54) is 43.6 Å². The molecule has 0 aromatic rings. The molecule has 0 radical (unpaired) electrons. The lowest BCUT2D eigenvalue weighted by Gasteiger charge is -2.55. The third kappa shape index (κ3) is 2.88. The van der Waals surface area contributed by atoms with Crippen LogP contribution in [-0.2, 0) is 4.74 Å². The van der Waals surface area contributed by atoms with Crippen LogP contribution >= 0.6 is 11.8 Å². The predicted molar refractivity (Wildman–Crippen MR) is 80.3 cm³/mol. The molecule has 0 heterocycles. The summed E-state index contributed by atoms with van der Waals surface area (Å²) in [4.78, 5) is 0. The molecule has 0 aromatic carbocycles. The molecule has 0 saturated heterocycles. The van der Waals surface area contributed by atoms with Gasteiger partial charge in [0.2, 0.25) is 0 Å². The van der Waals surface area contributed by atoms with Crippen LogP contribution in [0.5, 0.6) is 0 Å². The molecule has 1 N–H and O–H groups in total. The fraction of sp³-hybridized carbons (Fsp3) is 1.00. The van der Waals surface area contributed by atoms with Crippen molar-refractivity contribution in [1.82, 2.24) is 5.32 Å². The first-order valence-electron chi connectivity index (χ1n) is 7.68. The highest BCUT2D eigenvalue weighted by molar-refractivity contribution is 7.99. The number of nitrogens with one attached hydrogen (secondary N) is 1. The minimum absolute atomic E-state index is 0.487. The van der Waals surface area contributed by atoms with Crippen LogP contribution in [-0.4, -0.2) is 36.3 Å². The molecular formula is C15H29NOS. The van der Waals surface area contributed by atoms with Crippen LogP contribution in [0.2, 0.25) is 0 Å². The van der Waals surface area contributed by atoms with E-state index >= 15 is 0 Å². The molecule has 2 aliphatic rings. The van der Waals surface area contributed by atoms with Crippen molar-refractivity contribution in [1.29, 1.82) is 0 Å². The second kappa shape index (κ2) is 6.62. The third-order valence-electron chi connectivity index (χ3n) is 4.74. The van der Waals surface area contributed by atoms with Crippen LogP contribution in [0.4, 0.5) is 0 Å². The molecule has 18 heavy (non-hydrogen) atoms. The third-order valence-corrected chi connectivity index (χ3v) is 5.89. The Bertz CT molecular complexity index is 253. The summed E-state index contributed by atoms with van der Waals surface area (Å²) >= 11 is 2.04. The molecule has 2 fully saturated rings.